The van der Waals surface area contributed by atoms with Gasteiger partial charge in [-0.3, -0.25) is 4.79 Å². The van der Waals surface area contributed by atoms with Gasteiger partial charge in [0.15, 0.2) is 0 Å². The number of para-hydroxylation sites is 1. The predicted octanol–water partition coefficient (Wildman–Crippen LogP) is 2.35. The Labute approximate surface area is 130 Å². The third-order valence-electron chi connectivity index (χ3n) is 3.19. The van der Waals surface area contributed by atoms with Gasteiger partial charge in [0.2, 0.25) is 11.8 Å². The molecular weight excluding hydrogens is 278 g/mol. The van der Waals surface area contributed by atoms with E-state index in [4.69, 9.17) is 4.74 Å². The molecule has 1 unspecified atom stereocenters. The minimum absolute atomic E-state index is 0.0268. The number of rotatable bonds is 7. The number of nitrogens with zero attached hydrogens (tertiary/aromatic N) is 1. The van der Waals surface area contributed by atoms with E-state index >= 15 is 0 Å². The lowest BCUT2D eigenvalue weighted by Gasteiger charge is -2.11. The highest BCUT2D eigenvalue weighted by atomic mass is 16.5. The first-order valence-electron chi connectivity index (χ1n) is 7.29. The fourth-order valence-electron chi connectivity index (χ4n) is 1.95. The van der Waals surface area contributed by atoms with Crippen molar-refractivity contribution in [2.24, 2.45) is 5.92 Å². The van der Waals surface area contributed by atoms with Gasteiger partial charge < -0.3 is 15.4 Å². The van der Waals surface area contributed by atoms with Gasteiger partial charge in [-0.05, 0) is 24.7 Å². The van der Waals surface area contributed by atoms with Crippen molar-refractivity contribution in [3.63, 3.8) is 0 Å². The molecule has 116 valence electrons. The highest BCUT2D eigenvalue weighted by molar-refractivity contribution is 5.78. The summed E-state index contributed by atoms with van der Waals surface area (Å²) in [5.74, 6) is 1.25. The van der Waals surface area contributed by atoms with Crippen LogP contribution in [-0.4, -0.2) is 24.5 Å². The van der Waals surface area contributed by atoms with Crippen LogP contribution in [0.5, 0.6) is 11.6 Å². The molecule has 0 saturated carbocycles. The maximum Gasteiger partial charge on any atom is 0.224 e. The second-order valence-corrected chi connectivity index (χ2v) is 5.10. The molecule has 1 aromatic heterocycles. The Morgan fingerprint density at radius 1 is 1.23 bits per heavy atom. The highest BCUT2D eigenvalue weighted by Crippen LogP contribution is 2.18. The summed E-state index contributed by atoms with van der Waals surface area (Å²) >= 11 is 0. The van der Waals surface area contributed by atoms with Gasteiger partial charge in [0.05, 0.1) is 0 Å². The Kier molecular flexibility index (Phi) is 5.91. The van der Waals surface area contributed by atoms with Crippen molar-refractivity contribution in [1.29, 1.82) is 0 Å². The largest absolute Gasteiger partial charge is 0.439 e. The van der Waals surface area contributed by atoms with Gasteiger partial charge in [-0.1, -0.05) is 31.2 Å². The molecule has 2 aromatic rings. The smallest absolute Gasteiger partial charge is 0.224 e. The summed E-state index contributed by atoms with van der Waals surface area (Å²) in [7, 11) is 1.83. The maximum atomic E-state index is 11.8. The Hall–Kier alpha value is -2.40. The van der Waals surface area contributed by atoms with Gasteiger partial charge in [-0.2, -0.15) is 0 Å². The number of aromatic nitrogens is 1. The lowest BCUT2D eigenvalue weighted by molar-refractivity contribution is -0.124. The number of hydrogen-bond donors (Lipinski definition) is 2. The molecule has 22 heavy (non-hydrogen) atoms. The molecule has 0 saturated heterocycles. The van der Waals surface area contributed by atoms with Crippen LogP contribution in [0.15, 0.2) is 48.7 Å². The molecule has 0 spiro atoms. The molecule has 1 heterocycles. The van der Waals surface area contributed by atoms with Crippen LogP contribution in [0.1, 0.15) is 12.5 Å². The number of hydrogen-bond acceptors (Lipinski definition) is 4. The number of nitrogens with one attached hydrogen (secondary N) is 2. The van der Waals surface area contributed by atoms with Crippen LogP contribution in [0.2, 0.25) is 0 Å². The molecular formula is C17H21N3O2. The Morgan fingerprint density at radius 3 is 2.64 bits per heavy atom. The number of carbonyl (C=O) groups is 1. The summed E-state index contributed by atoms with van der Waals surface area (Å²) in [6.45, 7) is 3.01. The van der Waals surface area contributed by atoms with Crippen LogP contribution in [0, 0.1) is 5.92 Å². The molecule has 2 rings (SSSR count). The van der Waals surface area contributed by atoms with Gasteiger partial charge in [-0.15, -0.1) is 0 Å². The zero-order chi connectivity index (χ0) is 15.8. The average Bonchev–Trinajstić information content (AvgIpc) is 2.55. The van der Waals surface area contributed by atoms with E-state index in [1.807, 2.05) is 50.4 Å². The fourth-order valence-corrected chi connectivity index (χ4v) is 1.95. The van der Waals surface area contributed by atoms with Crippen molar-refractivity contribution in [2.45, 2.75) is 13.5 Å². The van der Waals surface area contributed by atoms with Crippen LogP contribution in [-0.2, 0) is 11.3 Å². The van der Waals surface area contributed by atoms with E-state index in [9.17, 15) is 4.79 Å². The number of carbonyl (C=O) groups excluding carboxylic acids is 1. The second kappa shape index (κ2) is 8.14. The van der Waals surface area contributed by atoms with Gasteiger partial charge in [0.25, 0.3) is 0 Å². The van der Waals surface area contributed by atoms with E-state index in [0.717, 1.165) is 11.3 Å². The highest BCUT2D eigenvalue weighted by Gasteiger charge is 2.11. The van der Waals surface area contributed by atoms with Crippen LogP contribution in [0.3, 0.4) is 0 Å². The Balaban J connectivity index is 1.85. The molecule has 5 heteroatoms. The third kappa shape index (κ3) is 4.86. The molecule has 0 bridgehead atoms. The molecule has 0 aliphatic rings. The molecule has 0 fully saturated rings. The summed E-state index contributed by atoms with van der Waals surface area (Å²) in [6.07, 6.45) is 1.71. The number of pyridine rings is 1. The van der Waals surface area contributed by atoms with Crippen molar-refractivity contribution in [1.82, 2.24) is 15.6 Å². The normalized spacial score (nSPS) is 11.7. The molecule has 0 aliphatic carbocycles. The van der Waals surface area contributed by atoms with E-state index in [1.165, 1.54) is 0 Å². The van der Waals surface area contributed by atoms with Crippen molar-refractivity contribution in [2.75, 3.05) is 13.6 Å². The van der Waals surface area contributed by atoms with Crippen molar-refractivity contribution in [3.05, 3.63) is 54.2 Å². The lowest BCUT2D eigenvalue weighted by atomic mass is 10.1. The van der Waals surface area contributed by atoms with Crippen molar-refractivity contribution >= 4 is 5.91 Å². The molecule has 0 radical (unpaired) electrons. The first-order valence-corrected chi connectivity index (χ1v) is 7.29. The van der Waals surface area contributed by atoms with E-state index in [-0.39, 0.29) is 11.8 Å². The SMILES string of the molecule is CNCC(C)C(=O)NCc1ccc(Oc2ccccc2)nc1. The summed E-state index contributed by atoms with van der Waals surface area (Å²) in [5.41, 5.74) is 0.936. The van der Waals surface area contributed by atoms with Crippen LogP contribution < -0.4 is 15.4 Å². The standard InChI is InChI=1S/C17H21N3O2/c1-13(10-18-2)17(21)20-12-14-8-9-16(19-11-14)22-15-6-4-3-5-7-15/h3-9,11,13,18H,10,12H2,1-2H3,(H,20,21). The predicted molar refractivity (Wildman–Crippen MR) is 85.7 cm³/mol. The van der Waals surface area contributed by atoms with Gasteiger partial charge in [-0.25, -0.2) is 4.98 Å². The molecule has 1 amide bonds. The third-order valence-corrected chi connectivity index (χ3v) is 3.19. The number of amides is 1. The summed E-state index contributed by atoms with van der Waals surface area (Å²) in [4.78, 5) is 16.1. The van der Waals surface area contributed by atoms with Crippen LogP contribution in [0.4, 0.5) is 0 Å². The van der Waals surface area contributed by atoms with Crippen LogP contribution >= 0.6 is 0 Å². The van der Waals surface area contributed by atoms with E-state index in [1.54, 1.807) is 12.3 Å². The zero-order valence-electron chi connectivity index (χ0n) is 12.9. The van der Waals surface area contributed by atoms with Gasteiger partial charge in [0.1, 0.15) is 5.75 Å². The van der Waals surface area contributed by atoms with Crippen molar-refractivity contribution < 1.29 is 9.53 Å². The van der Waals surface area contributed by atoms with Crippen molar-refractivity contribution in [3.8, 4) is 11.6 Å². The Bertz CT molecular complexity index is 585. The molecule has 1 aromatic carbocycles. The maximum absolute atomic E-state index is 11.8. The summed E-state index contributed by atoms with van der Waals surface area (Å²) in [5, 5.41) is 5.88. The quantitative estimate of drug-likeness (QED) is 0.824. The van der Waals surface area contributed by atoms with E-state index in [2.05, 4.69) is 15.6 Å². The Morgan fingerprint density at radius 2 is 2.00 bits per heavy atom. The first kappa shape index (κ1) is 16.0. The number of benzene rings is 1. The topological polar surface area (TPSA) is 63.2 Å². The average molecular weight is 299 g/mol. The zero-order valence-corrected chi connectivity index (χ0v) is 12.9. The monoisotopic (exact) mass is 299 g/mol. The summed E-state index contributed by atoms with van der Waals surface area (Å²) in [6, 6.07) is 13.2. The van der Waals surface area contributed by atoms with Gasteiger partial charge in [0, 0.05) is 31.3 Å². The summed E-state index contributed by atoms with van der Waals surface area (Å²) < 4.78 is 5.62. The first-order chi connectivity index (χ1) is 10.7. The minimum Gasteiger partial charge on any atom is -0.439 e. The minimum atomic E-state index is -0.0568. The van der Waals surface area contributed by atoms with E-state index in [0.29, 0.717) is 19.0 Å². The molecule has 1 atom stereocenters. The fraction of sp³-hybridized carbons (Fsp3) is 0.294. The number of ether oxygens (including phenoxy) is 1. The lowest BCUT2D eigenvalue weighted by Crippen LogP contribution is -2.33. The second-order valence-electron chi connectivity index (χ2n) is 5.10. The molecule has 2 N–H and O–H groups in total. The van der Waals surface area contributed by atoms with E-state index < -0.39 is 0 Å². The van der Waals surface area contributed by atoms with Crippen LogP contribution in [0.25, 0.3) is 0 Å². The molecule has 5 nitrogen and oxygen atoms in total. The molecule has 0 aliphatic heterocycles. The van der Waals surface area contributed by atoms with Gasteiger partial charge >= 0.3 is 0 Å².